The van der Waals surface area contributed by atoms with Crippen LogP contribution in [0.1, 0.15) is 40.2 Å². The first-order valence-corrected chi connectivity index (χ1v) is 8.24. The van der Waals surface area contributed by atoms with Crippen molar-refractivity contribution in [2.45, 2.75) is 47.3 Å². The predicted octanol–water partition coefficient (Wildman–Crippen LogP) is 3.11. The summed E-state index contributed by atoms with van der Waals surface area (Å²) in [5.74, 6) is -2.84. The molecule has 1 aliphatic heterocycles. The van der Waals surface area contributed by atoms with E-state index in [0.717, 1.165) is 5.56 Å². The molecule has 2 N–H and O–H groups in total. The molecule has 140 valence electrons. The number of nitrogens with one attached hydrogen (secondary N) is 2. The zero-order chi connectivity index (χ0) is 19.7. The third kappa shape index (κ3) is 4.62. The fraction of sp³-hybridized carbons (Fsp3) is 0.421. The number of benzene rings is 1. The maximum atomic E-state index is 12.1. The van der Waals surface area contributed by atoms with E-state index in [0.29, 0.717) is 11.4 Å². The summed E-state index contributed by atoms with van der Waals surface area (Å²) in [5.41, 5.74) is 1.46. The van der Waals surface area contributed by atoms with E-state index in [1.807, 2.05) is 27.7 Å². The lowest BCUT2D eigenvalue weighted by molar-refractivity contribution is -0.222. The van der Waals surface area contributed by atoms with Gasteiger partial charge in [-0.2, -0.15) is 0 Å². The number of amides is 1. The summed E-state index contributed by atoms with van der Waals surface area (Å²) in [6.45, 7) is 10.3. The molecule has 0 saturated carbocycles. The first-order valence-electron chi connectivity index (χ1n) is 8.24. The Kier molecular flexibility index (Phi) is 5.11. The summed E-state index contributed by atoms with van der Waals surface area (Å²) in [5, 5.41) is 5.75. The molecule has 1 heterocycles. The van der Waals surface area contributed by atoms with Crippen LogP contribution in [0, 0.1) is 12.3 Å². The number of ether oxygens (including phenoxy) is 2. The highest BCUT2D eigenvalue weighted by Gasteiger charge is 2.38. The fourth-order valence-electron chi connectivity index (χ4n) is 2.14. The van der Waals surface area contributed by atoms with Gasteiger partial charge in [0, 0.05) is 36.8 Å². The lowest BCUT2D eigenvalue weighted by Gasteiger charge is -2.29. The Morgan fingerprint density at radius 1 is 1.12 bits per heavy atom. The Hall–Kier alpha value is -2.83. The van der Waals surface area contributed by atoms with Gasteiger partial charge in [-0.1, -0.05) is 20.8 Å². The maximum Gasteiger partial charge on any atom is 0.350 e. The smallest absolute Gasteiger partial charge is 0.350 e. The third-order valence-corrected chi connectivity index (χ3v) is 3.66. The lowest BCUT2D eigenvalue weighted by Crippen LogP contribution is -2.42. The molecule has 1 saturated heterocycles. The highest BCUT2D eigenvalue weighted by molar-refractivity contribution is 6.15. The van der Waals surface area contributed by atoms with Gasteiger partial charge in [-0.15, -0.1) is 0 Å². The van der Waals surface area contributed by atoms with Crippen LogP contribution in [-0.4, -0.2) is 23.6 Å². The first kappa shape index (κ1) is 19.5. The minimum atomic E-state index is -1.27. The summed E-state index contributed by atoms with van der Waals surface area (Å²) >= 11 is 0. The zero-order valence-electron chi connectivity index (χ0n) is 15.9. The molecule has 1 fully saturated rings. The van der Waals surface area contributed by atoms with E-state index in [-0.39, 0.29) is 11.5 Å². The molecule has 0 spiro atoms. The number of anilines is 2. The van der Waals surface area contributed by atoms with Crippen molar-refractivity contribution in [2.24, 2.45) is 5.41 Å². The van der Waals surface area contributed by atoms with Gasteiger partial charge in [0.15, 0.2) is 5.57 Å². The van der Waals surface area contributed by atoms with Gasteiger partial charge in [-0.3, -0.25) is 4.79 Å². The molecule has 0 radical (unpaired) electrons. The molecule has 0 aliphatic carbocycles. The highest BCUT2D eigenvalue weighted by Crippen LogP contribution is 2.25. The number of carbonyl (C=O) groups excluding carboxylic acids is 3. The topological polar surface area (TPSA) is 93.7 Å². The quantitative estimate of drug-likeness (QED) is 0.489. The van der Waals surface area contributed by atoms with E-state index in [2.05, 4.69) is 10.6 Å². The molecule has 0 aromatic heterocycles. The Morgan fingerprint density at radius 3 is 2.19 bits per heavy atom. The molecule has 1 amide bonds. The summed E-state index contributed by atoms with van der Waals surface area (Å²) in [4.78, 5) is 35.9. The van der Waals surface area contributed by atoms with Crippen molar-refractivity contribution in [2.75, 3.05) is 10.6 Å². The van der Waals surface area contributed by atoms with Crippen LogP contribution in [0.25, 0.3) is 0 Å². The molecule has 2 rings (SSSR count). The predicted molar refractivity (Wildman–Crippen MR) is 97.2 cm³/mol. The molecular weight excluding hydrogens is 336 g/mol. The second-order valence-corrected chi connectivity index (χ2v) is 7.62. The van der Waals surface area contributed by atoms with Gasteiger partial charge < -0.3 is 20.1 Å². The minimum absolute atomic E-state index is 0.0845. The van der Waals surface area contributed by atoms with Crippen LogP contribution in [0.5, 0.6) is 0 Å². The summed E-state index contributed by atoms with van der Waals surface area (Å²) in [7, 11) is 0. The molecule has 7 nitrogen and oxygen atoms in total. The van der Waals surface area contributed by atoms with Crippen molar-refractivity contribution in [1.29, 1.82) is 0 Å². The Morgan fingerprint density at radius 2 is 1.69 bits per heavy atom. The van der Waals surface area contributed by atoms with Crippen molar-refractivity contribution in [3.8, 4) is 0 Å². The van der Waals surface area contributed by atoms with Crippen molar-refractivity contribution in [3.05, 3.63) is 35.5 Å². The van der Waals surface area contributed by atoms with Crippen molar-refractivity contribution >= 4 is 29.2 Å². The number of esters is 2. The Bertz CT molecular complexity index is 766. The van der Waals surface area contributed by atoms with Crippen molar-refractivity contribution in [1.82, 2.24) is 0 Å². The van der Waals surface area contributed by atoms with Crippen LogP contribution >= 0.6 is 0 Å². The van der Waals surface area contributed by atoms with E-state index in [4.69, 9.17) is 9.47 Å². The summed E-state index contributed by atoms with van der Waals surface area (Å²) in [6.07, 6.45) is 1.25. The number of hydrogen-bond acceptors (Lipinski definition) is 6. The second kappa shape index (κ2) is 6.82. The zero-order valence-corrected chi connectivity index (χ0v) is 15.9. The number of hydrogen-bond donors (Lipinski definition) is 2. The number of carbonyl (C=O) groups is 3. The molecular formula is C19H24N2O5. The van der Waals surface area contributed by atoms with Gasteiger partial charge in [0.05, 0.1) is 0 Å². The highest BCUT2D eigenvalue weighted by atomic mass is 16.7. The molecule has 0 bridgehead atoms. The molecule has 26 heavy (non-hydrogen) atoms. The Labute approximate surface area is 152 Å². The van der Waals surface area contributed by atoms with Crippen molar-refractivity contribution in [3.63, 3.8) is 0 Å². The first-order chi connectivity index (χ1) is 11.9. The van der Waals surface area contributed by atoms with E-state index in [1.165, 1.54) is 20.0 Å². The van der Waals surface area contributed by atoms with Crippen LogP contribution in [-0.2, 0) is 23.9 Å². The molecule has 7 heteroatoms. The SMILES string of the molecule is Cc1cc(NC=C2C(=O)OC(C)(C)OC2=O)ccc1NC(=O)C(C)(C)C. The van der Waals surface area contributed by atoms with Gasteiger partial charge in [0.25, 0.3) is 5.79 Å². The third-order valence-electron chi connectivity index (χ3n) is 3.66. The van der Waals surface area contributed by atoms with Crippen LogP contribution in [0.4, 0.5) is 11.4 Å². The van der Waals surface area contributed by atoms with Gasteiger partial charge in [0.2, 0.25) is 5.91 Å². The van der Waals surface area contributed by atoms with Crippen LogP contribution in [0.15, 0.2) is 30.0 Å². The lowest BCUT2D eigenvalue weighted by atomic mass is 9.95. The normalized spacial score (nSPS) is 16.5. The van der Waals surface area contributed by atoms with E-state index in [9.17, 15) is 14.4 Å². The van der Waals surface area contributed by atoms with Crippen LogP contribution in [0.2, 0.25) is 0 Å². The average molecular weight is 360 g/mol. The van der Waals surface area contributed by atoms with E-state index in [1.54, 1.807) is 18.2 Å². The number of aryl methyl sites for hydroxylation is 1. The molecule has 0 atom stereocenters. The van der Waals surface area contributed by atoms with E-state index < -0.39 is 23.1 Å². The largest absolute Gasteiger partial charge is 0.419 e. The Balaban J connectivity index is 2.12. The minimum Gasteiger partial charge on any atom is -0.419 e. The molecule has 0 unspecified atom stereocenters. The van der Waals surface area contributed by atoms with Crippen molar-refractivity contribution < 1.29 is 23.9 Å². The number of cyclic esters (lactones) is 2. The second-order valence-electron chi connectivity index (χ2n) is 7.62. The molecule has 1 aromatic carbocycles. The molecule has 1 aliphatic rings. The summed E-state index contributed by atoms with van der Waals surface area (Å²) < 4.78 is 10.1. The fourth-order valence-corrected chi connectivity index (χ4v) is 2.14. The van der Waals surface area contributed by atoms with Crippen LogP contribution in [0.3, 0.4) is 0 Å². The standard InChI is InChI=1S/C19H24N2O5/c1-11-9-12(7-8-14(11)21-17(24)18(2,3)4)20-10-13-15(22)25-19(5,6)26-16(13)23/h7-10,20H,1-6H3,(H,21,24). The average Bonchev–Trinajstić information content (AvgIpc) is 2.46. The van der Waals surface area contributed by atoms with Crippen LogP contribution < -0.4 is 10.6 Å². The maximum absolute atomic E-state index is 12.1. The van der Waals surface area contributed by atoms with Gasteiger partial charge in [-0.25, -0.2) is 9.59 Å². The van der Waals surface area contributed by atoms with E-state index >= 15 is 0 Å². The summed E-state index contributed by atoms with van der Waals surface area (Å²) in [6, 6.07) is 5.27. The van der Waals surface area contributed by atoms with Gasteiger partial charge >= 0.3 is 11.9 Å². The molecule has 1 aromatic rings. The monoisotopic (exact) mass is 360 g/mol. The number of rotatable bonds is 3. The van der Waals surface area contributed by atoms with Gasteiger partial charge in [-0.05, 0) is 30.7 Å². The van der Waals surface area contributed by atoms with Gasteiger partial charge in [0.1, 0.15) is 0 Å².